The minimum Gasteiger partial charge on any atom is -0.366 e. The third-order valence-electron chi connectivity index (χ3n) is 7.18. The SMILES string of the molecule is CCC(C)(C)C1CCC2(CC1)NC(=O)N(CC(=O)Nc1ccc(C(N)=O)c(C)c1)C2=O. The molecule has 2 fully saturated rings. The summed E-state index contributed by atoms with van der Waals surface area (Å²) in [7, 11) is 0. The summed E-state index contributed by atoms with van der Waals surface area (Å²) in [6.45, 7) is 8.04. The second kappa shape index (κ2) is 8.32. The Hall–Kier alpha value is -2.90. The fourth-order valence-corrected chi connectivity index (χ4v) is 4.70. The number of anilines is 1. The Morgan fingerprint density at radius 3 is 2.45 bits per heavy atom. The van der Waals surface area contributed by atoms with E-state index in [-0.39, 0.29) is 17.9 Å². The third-order valence-corrected chi connectivity index (χ3v) is 7.18. The molecule has 8 heteroatoms. The van der Waals surface area contributed by atoms with Gasteiger partial charge in [-0.1, -0.05) is 27.2 Å². The molecule has 0 bridgehead atoms. The van der Waals surface area contributed by atoms with Crippen LogP contribution in [0.15, 0.2) is 18.2 Å². The summed E-state index contributed by atoms with van der Waals surface area (Å²) in [4.78, 5) is 50.5. The zero-order chi connectivity index (χ0) is 23.0. The van der Waals surface area contributed by atoms with Gasteiger partial charge in [0.1, 0.15) is 12.1 Å². The first-order chi connectivity index (χ1) is 14.5. The van der Waals surface area contributed by atoms with Crippen LogP contribution in [0.25, 0.3) is 0 Å². The van der Waals surface area contributed by atoms with Crippen LogP contribution >= 0.6 is 0 Å². The van der Waals surface area contributed by atoms with Gasteiger partial charge in [-0.3, -0.25) is 19.3 Å². The summed E-state index contributed by atoms with van der Waals surface area (Å²) in [6.07, 6.45) is 4.00. The van der Waals surface area contributed by atoms with Crippen molar-refractivity contribution in [2.45, 2.75) is 65.3 Å². The predicted molar refractivity (Wildman–Crippen MR) is 117 cm³/mol. The topological polar surface area (TPSA) is 122 Å². The number of nitrogens with one attached hydrogen (secondary N) is 2. The number of benzene rings is 1. The van der Waals surface area contributed by atoms with Crippen molar-refractivity contribution >= 4 is 29.4 Å². The number of carbonyl (C=O) groups excluding carboxylic acids is 4. The van der Waals surface area contributed by atoms with Crippen molar-refractivity contribution in [3.05, 3.63) is 29.3 Å². The van der Waals surface area contributed by atoms with Gasteiger partial charge >= 0.3 is 6.03 Å². The molecule has 1 aliphatic heterocycles. The van der Waals surface area contributed by atoms with E-state index in [1.54, 1.807) is 19.1 Å². The molecule has 31 heavy (non-hydrogen) atoms. The van der Waals surface area contributed by atoms with E-state index in [1.165, 1.54) is 6.07 Å². The van der Waals surface area contributed by atoms with Gasteiger partial charge in [0.2, 0.25) is 11.8 Å². The molecule has 1 spiro atoms. The van der Waals surface area contributed by atoms with Crippen molar-refractivity contribution in [2.75, 3.05) is 11.9 Å². The maximum Gasteiger partial charge on any atom is 0.325 e. The average molecular weight is 429 g/mol. The summed E-state index contributed by atoms with van der Waals surface area (Å²) in [5.41, 5.74) is 6.08. The van der Waals surface area contributed by atoms with Crippen molar-refractivity contribution in [1.82, 2.24) is 10.2 Å². The number of urea groups is 1. The molecule has 5 amide bonds. The molecule has 3 rings (SSSR count). The Balaban J connectivity index is 1.63. The molecule has 4 N–H and O–H groups in total. The van der Waals surface area contributed by atoms with Crippen molar-refractivity contribution in [1.29, 1.82) is 0 Å². The van der Waals surface area contributed by atoms with Gasteiger partial charge < -0.3 is 16.4 Å². The van der Waals surface area contributed by atoms with Crippen LogP contribution in [-0.2, 0) is 9.59 Å². The Morgan fingerprint density at radius 1 is 1.26 bits per heavy atom. The van der Waals surface area contributed by atoms with E-state index in [0.29, 0.717) is 35.6 Å². The highest BCUT2D eigenvalue weighted by Crippen LogP contribution is 2.45. The number of nitrogens with two attached hydrogens (primary N) is 1. The molecule has 0 radical (unpaired) electrons. The normalized spacial score (nSPS) is 23.7. The maximum absolute atomic E-state index is 13.1. The minimum atomic E-state index is -0.891. The molecule has 1 aliphatic carbocycles. The molecular weight excluding hydrogens is 396 g/mol. The molecule has 0 atom stereocenters. The number of hydrogen-bond acceptors (Lipinski definition) is 4. The zero-order valence-electron chi connectivity index (χ0n) is 18.7. The van der Waals surface area contributed by atoms with Gasteiger partial charge in [-0.25, -0.2) is 4.79 Å². The summed E-state index contributed by atoms with van der Waals surface area (Å²) in [5.74, 6) is -0.831. The molecule has 1 heterocycles. The van der Waals surface area contributed by atoms with E-state index < -0.39 is 23.4 Å². The lowest BCUT2D eigenvalue weighted by atomic mass is 9.65. The van der Waals surface area contributed by atoms with Gasteiger partial charge in [-0.15, -0.1) is 0 Å². The lowest BCUT2D eigenvalue weighted by molar-refractivity contribution is -0.135. The van der Waals surface area contributed by atoms with Gasteiger partial charge in [-0.05, 0) is 67.7 Å². The summed E-state index contributed by atoms with van der Waals surface area (Å²) in [5, 5.41) is 5.54. The van der Waals surface area contributed by atoms with Crippen LogP contribution in [0.1, 0.15) is 68.8 Å². The predicted octanol–water partition coefficient (Wildman–Crippen LogP) is 2.95. The second-order valence-corrected chi connectivity index (χ2v) is 9.46. The monoisotopic (exact) mass is 428 g/mol. The van der Waals surface area contributed by atoms with Crippen molar-refractivity contribution in [3.8, 4) is 0 Å². The van der Waals surface area contributed by atoms with E-state index in [1.807, 2.05) is 0 Å². The lowest BCUT2D eigenvalue weighted by Crippen LogP contribution is -2.51. The smallest absolute Gasteiger partial charge is 0.325 e. The van der Waals surface area contributed by atoms with Gasteiger partial charge in [0.05, 0.1) is 0 Å². The van der Waals surface area contributed by atoms with Crippen molar-refractivity contribution in [3.63, 3.8) is 0 Å². The molecule has 1 aromatic carbocycles. The van der Waals surface area contributed by atoms with Gasteiger partial charge in [0.25, 0.3) is 5.91 Å². The van der Waals surface area contributed by atoms with Crippen molar-refractivity contribution in [2.24, 2.45) is 17.1 Å². The highest BCUT2D eigenvalue weighted by molar-refractivity contribution is 6.10. The van der Waals surface area contributed by atoms with Crippen LogP contribution in [0.3, 0.4) is 0 Å². The molecule has 168 valence electrons. The molecule has 2 aliphatic rings. The molecule has 0 aromatic heterocycles. The average Bonchev–Trinajstić information content (AvgIpc) is 2.92. The molecule has 1 saturated carbocycles. The van der Waals surface area contributed by atoms with E-state index in [0.717, 1.165) is 24.2 Å². The number of hydrogen-bond donors (Lipinski definition) is 3. The second-order valence-electron chi connectivity index (χ2n) is 9.46. The Labute approximate surface area is 182 Å². The van der Waals surface area contributed by atoms with E-state index in [9.17, 15) is 19.2 Å². The highest BCUT2D eigenvalue weighted by atomic mass is 16.2. The molecule has 1 aromatic rings. The van der Waals surface area contributed by atoms with E-state index in [2.05, 4.69) is 31.4 Å². The maximum atomic E-state index is 13.1. The molecule has 1 saturated heterocycles. The summed E-state index contributed by atoms with van der Waals surface area (Å²) >= 11 is 0. The highest BCUT2D eigenvalue weighted by Gasteiger charge is 2.53. The van der Waals surface area contributed by atoms with Crippen molar-refractivity contribution < 1.29 is 19.2 Å². The number of rotatable bonds is 6. The number of primary amides is 1. The van der Waals surface area contributed by atoms with Crippen LogP contribution in [0, 0.1) is 18.3 Å². The van der Waals surface area contributed by atoms with Crippen LogP contribution in [0.5, 0.6) is 0 Å². The van der Waals surface area contributed by atoms with Gasteiger partial charge in [0, 0.05) is 11.3 Å². The standard InChI is InChI=1S/C23H32N4O4/c1-5-22(3,4)15-8-10-23(11-9-15)20(30)27(21(31)26-23)13-18(28)25-16-6-7-17(19(24)29)14(2)12-16/h6-7,12,15H,5,8-11,13H2,1-4H3,(H2,24,29)(H,25,28)(H,26,31). The van der Waals surface area contributed by atoms with E-state index in [4.69, 9.17) is 5.73 Å². The first-order valence-electron chi connectivity index (χ1n) is 10.8. The van der Waals surface area contributed by atoms with Crippen LogP contribution < -0.4 is 16.4 Å². The van der Waals surface area contributed by atoms with Crippen LogP contribution in [0.4, 0.5) is 10.5 Å². The molecule has 0 unspecified atom stereocenters. The molecule has 8 nitrogen and oxygen atoms in total. The Morgan fingerprint density at radius 2 is 1.90 bits per heavy atom. The number of aryl methyl sites for hydroxylation is 1. The van der Waals surface area contributed by atoms with Gasteiger partial charge in [0.15, 0.2) is 0 Å². The fourth-order valence-electron chi connectivity index (χ4n) is 4.70. The van der Waals surface area contributed by atoms with Crippen LogP contribution in [-0.4, -0.2) is 40.7 Å². The number of amides is 5. The van der Waals surface area contributed by atoms with Gasteiger partial charge in [-0.2, -0.15) is 0 Å². The first-order valence-corrected chi connectivity index (χ1v) is 10.8. The first kappa shape index (κ1) is 22.8. The summed E-state index contributed by atoms with van der Waals surface area (Å²) < 4.78 is 0. The van der Waals surface area contributed by atoms with E-state index >= 15 is 0 Å². The Kier molecular flexibility index (Phi) is 6.11. The quantitative estimate of drug-likeness (QED) is 0.603. The Bertz CT molecular complexity index is 916. The number of carbonyl (C=O) groups is 4. The number of imide groups is 1. The lowest BCUT2D eigenvalue weighted by Gasteiger charge is -2.42. The fraction of sp³-hybridized carbons (Fsp3) is 0.565. The number of nitrogens with zero attached hydrogens (tertiary/aromatic N) is 1. The largest absolute Gasteiger partial charge is 0.366 e. The van der Waals surface area contributed by atoms with Crippen LogP contribution in [0.2, 0.25) is 0 Å². The summed E-state index contributed by atoms with van der Waals surface area (Å²) in [6, 6.07) is 4.21. The zero-order valence-corrected chi connectivity index (χ0v) is 18.7. The molecular formula is C23H32N4O4. The third kappa shape index (κ3) is 4.43. The minimum absolute atomic E-state index is 0.203.